The van der Waals surface area contributed by atoms with Crippen LogP contribution in [0.5, 0.6) is 0 Å². The summed E-state index contributed by atoms with van der Waals surface area (Å²) in [5.74, 6) is -0.193. The molecular weight excluding hydrogens is 308 g/mol. The van der Waals surface area contributed by atoms with E-state index in [2.05, 4.69) is 35.1 Å². The molecule has 0 aliphatic rings. The van der Waals surface area contributed by atoms with E-state index < -0.39 is 6.04 Å². The van der Waals surface area contributed by atoms with Crippen LogP contribution in [-0.2, 0) is 14.9 Å². The van der Waals surface area contributed by atoms with Crippen molar-refractivity contribution in [2.75, 3.05) is 20.3 Å². The lowest BCUT2D eigenvalue weighted by atomic mass is 9.84. The second-order valence-corrected chi connectivity index (χ2v) is 6.00. The van der Waals surface area contributed by atoms with Crippen LogP contribution in [0.15, 0.2) is 28.7 Å². The molecule has 0 heterocycles. The fraction of sp³-hybridized carbons (Fsp3) is 0.500. The molecule has 1 aromatic rings. The zero-order valence-electron chi connectivity index (χ0n) is 11.6. The topological polar surface area (TPSA) is 64.3 Å². The van der Waals surface area contributed by atoms with E-state index in [1.807, 2.05) is 24.3 Å². The van der Waals surface area contributed by atoms with Crippen LogP contribution in [0, 0.1) is 0 Å². The van der Waals surface area contributed by atoms with Gasteiger partial charge in [-0.2, -0.15) is 0 Å². The van der Waals surface area contributed by atoms with Gasteiger partial charge in [-0.1, -0.05) is 48.0 Å². The molecule has 1 atom stereocenters. The number of nitrogens with two attached hydrogens (primary N) is 1. The lowest BCUT2D eigenvalue weighted by molar-refractivity contribution is -0.123. The summed E-state index contributed by atoms with van der Waals surface area (Å²) in [6.07, 6.45) is 0. The summed E-state index contributed by atoms with van der Waals surface area (Å²) in [6, 6.07) is 7.37. The Morgan fingerprint density at radius 3 is 2.68 bits per heavy atom. The van der Waals surface area contributed by atoms with Crippen molar-refractivity contribution in [2.45, 2.75) is 25.3 Å². The number of rotatable bonds is 6. The fourth-order valence-electron chi connectivity index (χ4n) is 1.80. The SMILES string of the molecule is COCC(N)C(=O)NCC(C)(C)c1ccccc1Br. The summed E-state index contributed by atoms with van der Waals surface area (Å²) in [5.41, 5.74) is 6.65. The summed E-state index contributed by atoms with van der Waals surface area (Å²) in [6.45, 7) is 4.90. The van der Waals surface area contributed by atoms with Crippen LogP contribution in [0.4, 0.5) is 0 Å². The zero-order valence-corrected chi connectivity index (χ0v) is 13.2. The third-order valence-corrected chi connectivity index (χ3v) is 3.68. The van der Waals surface area contributed by atoms with Gasteiger partial charge in [-0.15, -0.1) is 0 Å². The van der Waals surface area contributed by atoms with Crippen molar-refractivity contribution in [3.8, 4) is 0 Å². The lowest BCUT2D eigenvalue weighted by Gasteiger charge is -2.27. The van der Waals surface area contributed by atoms with Crippen molar-refractivity contribution < 1.29 is 9.53 Å². The Balaban J connectivity index is 2.66. The molecule has 0 bridgehead atoms. The first-order valence-corrected chi connectivity index (χ1v) is 6.95. The van der Waals surface area contributed by atoms with E-state index in [0.29, 0.717) is 6.54 Å². The summed E-state index contributed by atoms with van der Waals surface area (Å²) in [4.78, 5) is 11.8. The molecule has 1 amide bonds. The molecule has 3 N–H and O–H groups in total. The first-order valence-electron chi connectivity index (χ1n) is 6.15. The minimum absolute atomic E-state index is 0.178. The van der Waals surface area contributed by atoms with Gasteiger partial charge in [0.25, 0.3) is 0 Å². The van der Waals surface area contributed by atoms with Crippen LogP contribution in [0.1, 0.15) is 19.4 Å². The van der Waals surface area contributed by atoms with E-state index in [4.69, 9.17) is 10.5 Å². The van der Waals surface area contributed by atoms with Crippen molar-refractivity contribution in [3.05, 3.63) is 34.3 Å². The molecule has 0 spiro atoms. The molecule has 1 aromatic carbocycles. The number of ether oxygens (including phenoxy) is 1. The molecule has 0 saturated heterocycles. The quantitative estimate of drug-likeness (QED) is 0.837. The molecule has 0 fully saturated rings. The minimum atomic E-state index is -0.625. The van der Waals surface area contributed by atoms with Crippen LogP contribution in [0.2, 0.25) is 0 Å². The van der Waals surface area contributed by atoms with Gasteiger partial charge in [-0.05, 0) is 11.6 Å². The Bertz CT molecular complexity index is 435. The third-order valence-electron chi connectivity index (χ3n) is 2.99. The Morgan fingerprint density at radius 1 is 1.47 bits per heavy atom. The molecule has 0 saturated carbocycles. The summed E-state index contributed by atoms with van der Waals surface area (Å²) in [7, 11) is 1.53. The van der Waals surface area contributed by atoms with Crippen LogP contribution < -0.4 is 11.1 Å². The number of halogens is 1. The second-order valence-electron chi connectivity index (χ2n) is 5.14. The molecule has 1 unspecified atom stereocenters. The minimum Gasteiger partial charge on any atom is -0.383 e. The average molecular weight is 329 g/mol. The lowest BCUT2D eigenvalue weighted by Crippen LogP contribution is -2.47. The highest BCUT2D eigenvalue weighted by Gasteiger charge is 2.24. The van der Waals surface area contributed by atoms with Gasteiger partial charge in [0.1, 0.15) is 6.04 Å². The summed E-state index contributed by atoms with van der Waals surface area (Å²) in [5, 5.41) is 2.87. The Morgan fingerprint density at radius 2 is 2.11 bits per heavy atom. The number of methoxy groups -OCH3 is 1. The van der Waals surface area contributed by atoms with Crippen LogP contribution in [0.25, 0.3) is 0 Å². The smallest absolute Gasteiger partial charge is 0.239 e. The van der Waals surface area contributed by atoms with Gasteiger partial charge in [0.05, 0.1) is 6.61 Å². The zero-order chi connectivity index (χ0) is 14.5. The summed E-state index contributed by atoms with van der Waals surface area (Å²) < 4.78 is 5.90. The molecule has 5 heteroatoms. The van der Waals surface area contributed by atoms with E-state index in [-0.39, 0.29) is 17.9 Å². The Hall–Kier alpha value is -0.910. The van der Waals surface area contributed by atoms with Gasteiger partial charge in [0.2, 0.25) is 5.91 Å². The number of benzene rings is 1. The standard InChI is InChI=1S/C14H21BrN2O2/c1-14(2,10-6-4-5-7-11(10)15)9-17-13(18)12(16)8-19-3/h4-7,12H,8-9,16H2,1-3H3,(H,17,18). The number of nitrogens with one attached hydrogen (secondary N) is 1. The van der Waals surface area contributed by atoms with Crippen molar-refractivity contribution in [2.24, 2.45) is 5.73 Å². The first kappa shape index (κ1) is 16.1. The number of carbonyl (C=O) groups is 1. The van der Waals surface area contributed by atoms with Crippen molar-refractivity contribution in [3.63, 3.8) is 0 Å². The molecule has 0 aromatic heterocycles. The van der Waals surface area contributed by atoms with Crippen LogP contribution in [0.3, 0.4) is 0 Å². The second kappa shape index (κ2) is 7.03. The van der Waals surface area contributed by atoms with Gasteiger partial charge in [-0.3, -0.25) is 4.79 Å². The monoisotopic (exact) mass is 328 g/mol. The number of amides is 1. The maximum atomic E-state index is 11.8. The highest BCUT2D eigenvalue weighted by atomic mass is 79.9. The largest absolute Gasteiger partial charge is 0.383 e. The predicted molar refractivity (Wildman–Crippen MR) is 80.0 cm³/mol. The van der Waals surface area contributed by atoms with E-state index >= 15 is 0 Å². The molecule has 106 valence electrons. The number of carbonyl (C=O) groups excluding carboxylic acids is 1. The van der Waals surface area contributed by atoms with Gasteiger partial charge < -0.3 is 15.8 Å². The first-order chi connectivity index (χ1) is 8.88. The van der Waals surface area contributed by atoms with E-state index in [9.17, 15) is 4.79 Å². The normalized spacial score (nSPS) is 13.1. The molecule has 19 heavy (non-hydrogen) atoms. The predicted octanol–water partition coefficient (Wildman–Crippen LogP) is 1.82. The Kier molecular flexibility index (Phi) is 5.97. The number of hydrogen-bond acceptors (Lipinski definition) is 3. The van der Waals surface area contributed by atoms with Gasteiger partial charge in [0.15, 0.2) is 0 Å². The average Bonchev–Trinajstić information content (AvgIpc) is 2.36. The van der Waals surface area contributed by atoms with Gasteiger partial charge in [-0.25, -0.2) is 0 Å². The summed E-state index contributed by atoms with van der Waals surface area (Å²) >= 11 is 3.54. The van der Waals surface area contributed by atoms with Crippen LogP contribution in [-0.4, -0.2) is 32.2 Å². The van der Waals surface area contributed by atoms with Gasteiger partial charge in [0, 0.05) is 23.5 Å². The highest BCUT2D eigenvalue weighted by molar-refractivity contribution is 9.10. The fourth-order valence-corrected chi connectivity index (χ4v) is 2.62. The highest BCUT2D eigenvalue weighted by Crippen LogP contribution is 2.29. The third kappa shape index (κ3) is 4.60. The molecule has 0 radical (unpaired) electrons. The maximum Gasteiger partial charge on any atom is 0.239 e. The molecule has 1 rings (SSSR count). The van der Waals surface area contributed by atoms with Crippen molar-refractivity contribution in [1.29, 1.82) is 0 Å². The Labute approximate surface area is 122 Å². The van der Waals surface area contributed by atoms with E-state index in [0.717, 1.165) is 10.0 Å². The van der Waals surface area contributed by atoms with Crippen molar-refractivity contribution >= 4 is 21.8 Å². The van der Waals surface area contributed by atoms with Crippen molar-refractivity contribution in [1.82, 2.24) is 5.32 Å². The number of hydrogen-bond donors (Lipinski definition) is 2. The van der Waals surface area contributed by atoms with E-state index in [1.165, 1.54) is 7.11 Å². The molecule has 0 aliphatic carbocycles. The van der Waals surface area contributed by atoms with Crippen LogP contribution >= 0.6 is 15.9 Å². The molecule has 4 nitrogen and oxygen atoms in total. The van der Waals surface area contributed by atoms with E-state index in [1.54, 1.807) is 0 Å². The van der Waals surface area contributed by atoms with Gasteiger partial charge >= 0.3 is 0 Å². The molecular formula is C14H21BrN2O2. The maximum absolute atomic E-state index is 11.8. The molecule has 0 aliphatic heterocycles.